The summed E-state index contributed by atoms with van der Waals surface area (Å²) in [5, 5.41) is 0. The minimum atomic E-state index is -1.72. The van der Waals surface area contributed by atoms with Gasteiger partial charge < -0.3 is 4.74 Å². The second-order valence-corrected chi connectivity index (χ2v) is 14.2. The Kier molecular flexibility index (Phi) is 7.05. The van der Waals surface area contributed by atoms with Crippen LogP contribution < -0.4 is 0 Å². The maximum atomic E-state index is 12.3. The number of hydrogen-bond donors (Lipinski definition) is 0. The largest absolute Gasteiger partial charge is 0.424 e. The number of cyclic esters (lactones) is 1. The number of carbonyl (C=O) groups is 1. The Hall–Kier alpha value is -1.61. The maximum Gasteiger partial charge on any atom is 0.339 e. The monoisotopic (exact) mass is 370 g/mol. The lowest BCUT2D eigenvalue weighted by molar-refractivity contribution is -0.133. The van der Waals surface area contributed by atoms with Crippen LogP contribution in [0.3, 0.4) is 0 Å². The van der Waals surface area contributed by atoms with Crippen LogP contribution in [-0.2, 0) is 16.0 Å². The van der Waals surface area contributed by atoms with Crippen LogP contribution >= 0.6 is 0 Å². The zero-order valence-electron chi connectivity index (χ0n) is 17.2. The van der Waals surface area contributed by atoms with E-state index >= 15 is 0 Å². The highest BCUT2D eigenvalue weighted by Crippen LogP contribution is 2.43. The molecule has 1 aromatic rings. The van der Waals surface area contributed by atoms with E-state index in [0.29, 0.717) is 16.6 Å². The van der Waals surface area contributed by atoms with Crippen molar-refractivity contribution in [3.63, 3.8) is 0 Å². The van der Waals surface area contributed by atoms with Gasteiger partial charge in [0.15, 0.2) is 0 Å². The van der Waals surface area contributed by atoms with E-state index in [2.05, 4.69) is 71.5 Å². The molecule has 2 rings (SSSR count). The number of hydrogen-bond acceptors (Lipinski definition) is 2. The molecule has 3 heteroatoms. The smallest absolute Gasteiger partial charge is 0.339 e. The van der Waals surface area contributed by atoms with Crippen molar-refractivity contribution in [1.29, 1.82) is 0 Å². The van der Waals surface area contributed by atoms with Gasteiger partial charge in [-0.25, -0.2) is 4.79 Å². The fourth-order valence-corrected chi connectivity index (χ4v) is 10.2. The Morgan fingerprint density at radius 3 is 2.04 bits per heavy atom. The second-order valence-electron chi connectivity index (χ2n) is 8.41. The summed E-state index contributed by atoms with van der Waals surface area (Å²) in [6, 6.07) is 10.4. The third-order valence-corrected chi connectivity index (χ3v) is 12.7. The van der Waals surface area contributed by atoms with Crippen molar-refractivity contribution >= 4 is 14.0 Å². The lowest BCUT2D eigenvalue weighted by Crippen LogP contribution is -2.43. The van der Waals surface area contributed by atoms with E-state index in [9.17, 15) is 4.79 Å². The quantitative estimate of drug-likeness (QED) is 0.381. The number of aryl methyl sites for hydroxylation is 1. The summed E-state index contributed by atoms with van der Waals surface area (Å²) in [4.78, 5) is 12.3. The fraction of sp³-hybridized carbons (Fsp3) is 0.522. The van der Waals surface area contributed by atoms with Crippen molar-refractivity contribution < 1.29 is 9.53 Å². The molecule has 1 aromatic carbocycles. The van der Waals surface area contributed by atoms with Gasteiger partial charge in [0.2, 0.25) is 0 Å². The summed E-state index contributed by atoms with van der Waals surface area (Å²) in [5.41, 5.74) is 6.35. The van der Waals surface area contributed by atoms with Crippen LogP contribution in [0.1, 0.15) is 59.9 Å². The minimum Gasteiger partial charge on any atom is -0.424 e. The Morgan fingerprint density at radius 1 is 0.923 bits per heavy atom. The Morgan fingerprint density at radius 2 is 1.50 bits per heavy atom. The molecule has 0 saturated heterocycles. The van der Waals surface area contributed by atoms with Gasteiger partial charge in [-0.05, 0) is 47.5 Å². The topological polar surface area (TPSA) is 26.3 Å². The molecule has 0 fully saturated rings. The van der Waals surface area contributed by atoms with Gasteiger partial charge in [0.05, 0.1) is 8.07 Å². The van der Waals surface area contributed by atoms with Crippen LogP contribution in [0.15, 0.2) is 53.4 Å². The molecule has 1 aliphatic rings. The first-order chi connectivity index (χ1) is 12.3. The van der Waals surface area contributed by atoms with E-state index in [1.165, 1.54) is 5.56 Å². The van der Waals surface area contributed by atoms with Crippen molar-refractivity contribution in [3.8, 4) is 0 Å². The molecule has 0 unspecified atom stereocenters. The SMILES string of the molecule is CC(C)[Si](/C=C1/C=C(CCCc2ccccc2)C(=O)O1)(C(C)C)C(C)C. The molecule has 1 heterocycles. The molecule has 0 aromatic heterocycles. The van der Waals surface area contributed by atoms with Crippen molar-refractivity contribution in [1.82, 2.24) is 0 Å². The van der Waals surface area contributed by atoms with E-state index in [4.69, 9.17) is 4.74 Å². The molecular formula is C23H34O2Si. The first kappa shape index (κ1) is 20.7. The van der Waals surface area contributed by atoms with Crippen molar-refractivity contribution in [2.45, 2.75) is 77.4 Å². The molecular weight excluding hydrogens is 336 g/mol. The Bertz CT molecular complexity index is 647. The third kappa shape index (κ3) is 4.56. The number of rotatable bonds is 8. The van der Waals surface area contributed by atoms with E-state index in [1.54, 1.807) is 0 Å². The minimum absolute atomic E-state index is 0.150. The number of benzene rings is 1. The highest BCUT2D eigenvalue weighted by atomic mass is 28.3. The average Bonchev–Trinajstić information content (AvgIpc) is 2.92. The lowest BCUT2D eigenvalue weighted by atomic mass is 10.0. The van der Waals surface area contributed by atoms with Gasteiger partial charge in [-0.2, -0.15) is 0 Å². The number of esters is 1. The van der Waals surface area contributed by atoms with Gasteiger partial charge in [0.1, 0.15) is 5.76 Å². The van der Waals surface area contributed by atoms with Crippen LogP contribution in [0.25, 0.3) is 0 Å². The predicted octanol–water partition coefficient (Wildman–Crippen LogP) is 6.59. The Labute approximate surface area is 160 Å². The third-order valence-electron chi connectivity index (χ3n) is 5.94. The van der Waals surface area contributed by atoms with Crippen LogP contribution in [0.2, 0.25) is 16.6 Å². The predicted molar refractivity (Wildman–Crippen MR) is 113 cm³/mol. The van der Waals surface area contributed by atoms with Gasteiger partial charge >= 0.3 is 5.97 Å². The number of allylic oxidation sites excluding steroid dienone is 1. The summed E-state index contributed by atoms with van der Waals surface area (Å²) in [6.07, 6.45) is 4.75. The molecule has 0 aliphatic carbocycles. The first-order valence-corrected chi connectivity index (χ1v) is 12.3. The van der Waals surface area contributed by atoms with Crippen LogP contribution in [0.5, 0.6) is 0 Å². The summed E-state index contributed by atoms with van der Waals surface area (Å²) in [6.45, 7) is 13.9. The van der Waals surface area contributed by atoms with E-state index in [0.717, 1.165) is 30.6 Å². The molecule has 0 N–H and O–H groups in total. The molecule has 1 aliphatic heterocycles. The normalized spacial score (nSPS) is 16.7. The summed E-state index contributed by atoms with van der Waals surface area (Å²) in [7, 11) is -1.72. The number of carbonyl (C=O) groups excluding carboxylic acids is 1. The molecule has 0 bridgehead atoms. The molecule has 0 saturated carbocycles. The zero-order valence-corrected chi connectivity index (χ0v) is 18.2. The molecule has 0 atom stereocenters. The zero-order chi connectivity index (χ0) is 19.3. The van der Waals surface area contributed by atoms with E-state index in [1.807, 2.05) is 12.1 Å². The average molecular weight is 371 g/mol. The Balaban J connectivity index is 2.13. The van der Waals surface area contributed by atoms with Gasteiger partial charge in [-0.3, -0.25) is 0 Å². The van der Waals surface area contributed by atoms with Crippen molar-refractivity contribution in [2.24, 2.45) is 0 Å². The molecule has 0 amide bonds. The summed E-state index contributed by atoms with van der Waals surface area (Å²) >= 11 is 0. The van der Waals surface area contributed by atoms with Crippen LogP contribution in [0, 0.1) is 0 Å². The fourth-order valence-electron chi connectivity index (χ4n) is 4.55. The standard InChI is InChI=1S/C23H34O2Si/c1-17(2)26(18(3)4,19(5)6)16-22-15-21(23(24)25-22)14-10-13-20-11-8-7-9-12-20/h7-9,11-12,15-19H,10,13-14H2,1-6H3/b22-16-. The summed E-state index contributed by atoms with van der Waals surface area (Å²) < 4.78 is 5.65. The van der Waals surface area contributed by atoms with Crippen LogP contribution in [-0.4, -0.2) is 14.0 Å². The van der Waals surface area contributed by atoms with Crippen molar-refractivity contribution in [3.05, 3.63) is 59.0 Å². The van der Waals surface area contributed by atoms with E-state index < -0.39 is 8.07 Å². The first-order valence-electron chi connectivity index (χ1n) is 9.96. The van der Waals surface area contributed by atoms with Gasteiger partial charge in [0, 0.05) is 5.57 Å². The van der Waals surface area contributed by atoms with E-state index in [-0.39, 0.29) is 5.97 Å². The molecule has 26 heavy (non-hydrogen) atoms. The number of ether oxygens (including phenoxy) is 1. The maximum absolute atomic E-state index is 12.3. The molecule has 0 spiro atoms. The molecule has 2 nitrogen and oxygen atoms in total. The second kappa shape index (κ2) is 8.85. The van der Waals surface area contributed by atoms with Gasteiger partial charge in [-0.15, -0.1) is 0 Å². The van der Waals surface area contributed by atoms with Gasteiger partial charge in [0.25, 0.3) is 0 Å². The summed E-state index contributed by atoms with van der Waals surface area (Å²) in [5.74, 6) is 0.649. The van der Waals surface area contributed by atoms with Crippen molar-refractivity contribution in [2.75, 3.05) is 0 Å². The highest BCUT2D eigenvalue weighted by Gasteiger charge is 2.42. The van der Waals surface area contributed by atoms with Crippen LogP contribution in [0.4, 0.5) is 0 Å². The molecule has 0 radical (unpaired) electrons. The highest BCUT2D eigenvalue weighted by molar-refractivity contribution is 6.88. The van der Waals surface area contributed by atoms with Gasteiger partial charge in [-0.1, -0.05) is 77.6 Å². The lowest BCUT2D eigenvalue weighted by Gasteiger charge is -2.40. The molecule has 142 valence electrons.